The monoisotopic (exact) mass is 344 g/mol. The smallest absolute Gasteiger partial charge is 0.305 e. The molecule has 20 heavy (non-hydrogen) atoms. The number of halogens is 1. The molecule has 4 N–H and O–H groups in total. The minimum absolute atomic E-state index is 0.0491. The molecule has 0 atom stereocenters. The molecule has 0 aliphatic heterocycles. The molecule has 0 heterocycles. The van der Waals surface area contributed by atoms with Crippen LogP contribution >= 0.6 is 15.9 Å². The van der Waals surface area contributed by atoms with Crippen LogP contribution in [0.3, 0.4) is 0 Å². The zero-order valence-corrected chi connectivity index (χ0v) is 11.9. The summed E-state index contributed by atoms with van der Waals surface area (Å²) >= 11 is 3.13. The number of hydrogen-bond donors (Lipinski definition) is 4. The zero-order valence-electron chi connectivity index (χ0n) is 10.3. The minimum Gasteiger partial charge on any atom is -0.507 e. The Balaban J connectivity index is 2.65. The molecule has 0 spiro atoms. The number of benzene rings is 1. The Kier molecular flexibility index (Phi) is 5.98. The number of carboxylic acids is 1. The maximum atomic E-state index is 11.7. The third-order valence-electron chi connectivity index (χ3n) is 2.39. The second-order valence-corrected chi connectivity index (χ2v) is 4.76. The van der Waals surface area contributed by atoms with Crippen molar-refractivity contribution in [1.82, 2.24) is 5.32 Å². The lowest BCUT2D eigenvalue weighted by Crippen LogP contribution is -2.33. The second kappa shape index (κ2) is 7.49. The summed E-state index contributed by atoms with van der Waals surface area (Å²) in [6.45, 7) is -0.0491. The van der Waals surface area contributed by atoms with Crippen LogP contribution in [0.1, 0.15) is 12.0 Å². The molecular formula is C12H13BrN2O5. The van der Waals surface area contributed by atoms with Crippen molar-refractivity contribution in [3.8, 4) is 5.75 Å². The molecule has 8 heteroatoms. The van der Waals surface area contributed by atoms with Crippen LogP contribution in [-0.4, -0.2) is 39.6 Å². The minimum atomic E-state index is -1.03. The number of phenolic OH excluding ortho intramolecular Hbond substituents is 1. The molecule has 1 aromatic carbocycles. The number of phenols is 1. The summed E-state index contributed by atoms with van der Waals surface area (Å²) in [6, 6.07) is 4.61. The van der Waals surface area contributed by atoms with E-state index in [1.807, 2.05) is 0 Å². The topological polar surface area (TPSA) is 119 Å². The summed E-state index contributed by atoms with van der Waals surface area (Å²) in [5.41, 5.74) is 0.504. The van der Waals surface area contributed by atoms with E-state index >= 15 is 0 Å². The molecule has 7 nitrogen and oxygen atoms in total. The quantitative estimate of drug-likeness (QED) is 0.350. The highest BCUT2D eigenvalue weighted by Gasteiger charge is 2.14. The maximum absolute atomic E-state index is 11.7. The molecule has 1 rings (SSSR count). The SMILES string of the molecule is O=C(O)CCNC(=O)/C(Cc1ccc(O)c(Br)c1)=N/O. The lowest BCUT2D eigenvalue weighted by atomic mass is 10.1. The Bertz CT molecular complexity index is 545. The Labute approximate surface area is 123 Å². The normalized spacial score (nSPS) is 11.2. The van der Waals surface area contributed by atoms with E-state index < -0.39 is 11.9 Å². The van der Waals surface area contributed by atoms with E-state index in [0.717, 1.165) is 0 Å². The summed E-state index contributed by atoms with van der Waals surface area (Å²) in [4.78, 5) is 22.0. The highest BCUT2D eigenvalue weighted by molar-refractivity contribution is 9.10. The van der Waals surface area contributed by atoms with Crippen molar-refractivity contribution in [2.75, 3.05) is 6.54 Å². The van der Waals surface area contributed by atoms with Gasteiger partial charge in [-0.3, -0.25) is 9.59 Å². The number of hydrogen-bond acceptors (Lipinski definition) is 5. The first-order chi connectivity index (χ1) is 9.43. The summed E-state index contributed by atoms with van der Waals surface area (Å²) in [5.74, 6) is -1.62. The van der Waals surface area contributed by atoms with Gasteiger partial charge in [-0.05, 0) is 33.6 Å². The summed E-state index contributed by atoms with van der Waals surface area (Å²) in [7, 11) is 0. The van der Waals surface area contributed by atoms with Gasteiger partial charge in [-0.25, -0.2) is 0 Å². The molecule has 0 aromatic heterocycles. The number of oxime groups is 1. The van der Waals surface area contributed by atoms with Crippen molar-refractivity contribution in [3.05, 3.63) is 28.2 Å². The number of nitrogens with one attached hydrogen (secondary N) is 1. The lowest BCUT2D eigenvalue weighted by Gasteiger charge is -2.06. The third-order valence-corrected chi connectivity index (χ3v) is 3.03. The van der Waals surface area contributed by atoms with E-state index in [1.54, 1.807) is 12.1 Å². The molecular weight excluding hydrogens is 332 g/mol. The Morgan fingerprint density at radius 3 is 2.60 bits per heavy atom. The first kappa shape index (κ1) is 16.0. The van der Waals surface area contributed by atoms with Gasteiger partial charge in [0, 0.05) is 13.0 Å². The molecule has 0 fully saturated rings. The number of carbonyl (C=O) groups excluding carboxylic acids is 1. The predicted octanol–water partition coefficient (Wildman–Crippen LogP) is 1.12. The van der Waals surface area contributed by atoms with Gasteiger partial charge in [-0.15, -0.1) is 0 Å². The molecule has 0 aliphatic rings. The van der Waals surface area contributed by atoms with Crippen LogP contribution in [0.25, 0.3) is 0 Å². The summed E-state index contributed by atoms with van der Waals surface area (Å²) in [5, 5.41) is 31.9. The molecule has 108 valence electrons. The molecule has 0 saturated heterocycles. The Hall–Kier alpha value is -2.09. The van der Waals surface area contributed by atoms with Gasteiger partial charge < -0.3 is 20.7 Å². The number of rotatable bonds is 6. The summed E-state index contributed by atoms with van der Waals surface area (Å²) < 4.78 is 0.457. The molecule has 0 radical (unpaired) electrons. The lowest BCUT2D eigenvalue weighted by molar-refractivity contribution is -0.136. The van der Waals surface area contributed by atoms with Gasteiger partial charge in [-0.1, -0.05) is 11.2 Å². The first-order valence-corrected chi connectivity index (χ1v) is 6.41. The van der Waals surface area contributed by atoms with Crippen LogP contribution in [0.4, 0.5) is 0 Å². The van der Waals surface area contributed by atoms with Crippen molar-refractivity contribution in [2.24, 2.45) is 5.16 Å². The van der Waals surface area contributed by atoms with Crippen LogP contribution in [-0.2, 0) is 16.0 Å². The maximum Gasteiger partial charge on any atom is 0.305 e. The van der Waals surface area contributed by atoms with E-state index in [2.05, 4.69) is 26.4 Å². The van der Waals surface area contributed by atoms with Crippen molar-refractivity contribution in [1.29, 1.82) is 0 Å². The number of aromatic hydroxyl groups is 1. The second-order valence-electron chi connectivity index (χ2n) is 3.91. The van der Waals surface area contributed by atoms with Gasteiger partial charge in [0.15, 0.2) is 0 Å². The van der Waals surface area contributed by atoms with Gasteiger partial charge in [0.25, 0.3) is 5.91 Å². The fraction of sp³-hybridized carbons (Fsp3) is 0.250. The fourth-order valence-electron chi connectivity index (χ4n) is 1.40. The van der Waals surface area contributed by atoms with Crippen molar-refractivity contribution in [2.45, 2.75) is 12.8 Å². The van der Waals surface area contributed by atoms with Gasteiger partial charge in [0.05, 0.1) is 10.9 Å². The largest absolute Gasteiger partial charge is 0.507 e. The fourth-order valence-corrected chi connectivity index (χ4v) is 1.83. The van der Waals surface area contributed by atoms with Gasteiger partial charge >= 0.3 is 5.97 Å². The van der Waals surface area contributed by atoms with Crippen LogP contribution in [0.15, 0.2) is 27.8 Å². The van der Waals surface area contributed by atoms with E-state index in [-0.39, 0.29) is 30.8 Å². The van der Waals surface area contributed by atoms with Gasteiger partial charge in [0.2, 0.25) is 0 Å². The van der Waals surface area contributed by atoms with Crippen molar-refractivity contribution in [3.63, 3.8) is 0 Å². The van der Waals surface area contributed by atoms with Gasteiger partial charge in [-0.2, -0.15) is 0 Å². The number of amides is 1. The Morgan fingerprint density at radius 1 is 1.35 bits per heavy atom. The van der Waals surface area contributed by atoms with E-state index in [1.165, 1.54) is 6.07 Å². The number of nitrogens with zero attached hydrogens (tertiary/aromatic N) is 1. The molecule has 0 bridgehead atoms. The molecule has 1 aromatic rings. The highest BCUT2D eigenvalue weighted by Crippen LogP contribution is 2.24. The molecule has 0 unspecified atom stereocenters. The van der Waals surface area contributed by atoms with E-state index in [9.17, 15) is 14.7 Å². The van der Waals surface area contributed by atoms with E-state index in [4.69, 9.17) is 10.3 Å². The number of carbonyl (C=O) groups is 2. The first-order valence-electron chi connectivity index (χ1n) is 5.62. The standard InChI is InChI=1S/C12H13BrN2O5/c13-8-5-7(1-2-10(8)16)6-9(15-20)12(19)14-4-3-11(17)18/h1-2,5,16,20H,3-4,6H2,(H,14,19)(H,17,18)/b15-9+. The number of carboxylic acid groups (broad SMARTS) is 1. The van der Waals surface area contributed by atoms with E-state index in [0.29, 0.717) is 10.0 Å². The molecule has 0 saturated carbocycles. The van der Waals surface area contributed by atoms with Crippen molar-refractivity contribution >= 4 is 33.5 Å². The molecule has 0 aliphatic carbocycles. The summed E-state index contributed by atoms with van der Waals surface area (Å²) in [6.07, 6.45) is -0.163. The van der Waals surface area contributed by atoms with Crippen LogP contribution in [0.2, 0.25) is 0 Å². The van der Waals surface area contributed by atoms with Crippen molar-refractivity contribution < 1.29 is 25.0 Å². The van der Waals surface area contributed by atoms with Crippen LogP contribution < -0.4 is 5.32 Å². The van der Waals surface area contributed by atoms with Gasteiger partial charge in [0.1, 0.15) is 11.5 Å². The third kappa shape index (κ3) is 4.88. The van der Waals surface area contributed by atoms with Crippen LogP contribution in [0, 0.1) is 0 Å². The predicted molar refractivity (Wildman–Crippen MR) is 74.0 cm³/mol. The zero-order chi connectivity index (χ0) is 15.1. The Morgan fingerprint density at radius 2 is 2.05 bits per heavy atom. The highest BCUT2D eigenvalue weighted by atomic mass is 79.9. The number of aliphatic carboxylic acids is 1. The molecule has 1 amide bonds. The average Bonchev–Trinajstić information content (AvgIpc) is 2.39. The van der Waals surface area contributed by atoms with Crippen LogP contribution in [0.5, 0.6) is 5.75 Å². The average molecular weight is 345 g/mol.